The first kappa shape index (κ1) is 29.5. The minimum absolute atomic E-state index is 0.0506. The summed E-state index contributed by atoms with van der Waals surface area (Å²) in [5.41, 5.74) is 1.83. The topological polar surface area (TPSA) is 114 Å². The van der Waals surface area contributed by atoms with Gasteiger partial charge in [0.1, 0.15) is 11.8 Å². The van der Waals surface area contributed by atoms with Gasteiger partial charge in [0.05, 0.1) is 35.1 Å². The average Bonchev–Trinajstić information content (AvgIpc) is 3.88. The molecule has 9 nitrogen and oxygen atoms in total. The van der Waals surface area contributed by atoms with E-state index < -0.39 is 48.3 Å². The Morgan fingerprint density at radius 1 is 1.02 bits per heavy atom. The normalized spacial score (nSPS) is 21.3. The molecule has 2 N–H and O–H groups in total. The molecular weight excluding hydrogens is 575 g/mol. The van der Waals surface area contributed by atoms with Crippen molar-refractivity contribution in [1.82, 2.24) is 30.2 Å². The van der Waals surface area contributed by atoms with Gasteiger partial charge >= 0.3 is 6.18 Å². The largest absolute Gasteiger partial charge is 0.392 e. The van der Waals surface area contributed by atoms with E-state index in [1.807, 2.05) is 0 Å². The van der Waals surface area contributed by atoms with Gasteiger partial charge in [-0.25, -0.2) is 18.7 Å². The number of halogens is 5. The second kappa shape index (κ2) is 11.2. The van der Waals surface area contributed by atoms with Gasteiger partial charge in [0.15, 0.2) is 0 Å². The number of rotatable bonds is 10. The molecule has 43 heavy (non-hydrogen) atoms. The first-order valence-corrected chi connectivity index (χ1v) is 14.7. The van der Waals surface area contributed by atoms with Crippen LogP contribution in [0.2, 0.25) is 0 Å². The highest BCUT2D eigenvalue weighted by molar-refractivity contribution is 5.95. The number of hydrogen-bond acceptors (Lipinski definition) is 6. The molecule has 0 aliphatic heterocycles. The van der Waals surface area contributed by atoms with Crippen LogP contribution in [0.15, 0.2) is 29.2 Å². The van der Waals surface area contributed by atoms with Gasteiger partial charge in [-0.1, -0.05) is 12.1 Å². The number of carbonyl (C=O) groups excluding carboxylic acids is 2. The standard InChI is InChI=1S/C29H33F5N6O3/c1-15(29(32,33)34)12-22(41)37-24(17-4-5-17)20-8-11-40-13-21(36-27(40)35-20)25(18-6-9-28(30,31)10-7-18)38-26(42)19-14-43-39-23(19)16-2-3-16/h8,11,13-18,24-25H,2-7,9-10,12H2,1H3,(H,37,41)(H,38,42)/t15-,24?,25+/m1/s1. The number of imidazole rings is 1. The molecule has 3 aromatic heterocycles. The molecular formula is C29H33F5N6O3. The number of hydrogen-bond donors (Lipinski definition) is 2. The van der Waals surface area contributed by atoms with Crippen molar-refractivity contribution in [3.05, 3.63) is 47.4 Å². The van der Waals surface area contributed by atoms with Crippen molar-refractivity contribution in [1.29, 1.82) is 0 Å². The summed E-state index contributed by atoms with van der Waals surface area (Å²) in [4.78, 5) is 35.2. The molecule has 0 radical (unpaired) electrons. The number of amides is 2. The monoisotopic (exact) mass is 608 g/mol. The zero-order valence-corrected chi connectivity index (χ0v) is 23.5. The number of nitrogens with one attached hydrogen (secondary N) is 2. The molecule has 0 aromatic carbocycles. The number of carbonyl (C=O) groups is 2. The Kier molecular flexibility index (Phi) is 7.66. The summed E-state index contributed by atoms with van der Waals surface area (Å²) < 4.78 is 73.8. The summed E-state index contributed by atoms with van der Waals surface area (Å²) >= 11 is 0. The van der Waals surface area contributed by atoms with Gasteiger partial charge < -0.3 is 15.2 Å². The van der Waals surface area contributed by atoms with Crippen LogP contribution in [-0.4, -0.2) is 43.4 Å². The summed E-state index contributed by atoms with van der Waals surface area (Å²) in [6.45, 7) is 0.973. The molecule has 0 saturated heterocycles. The molecule has 3 aliphatic rings. The predicted octanol–water partition coefficient (Wildman–Crippen LogP) is 6.05. The van der Waals surface area contributed by atoms with Crippen LogP contribution in [0.25, 0.3) is 5.78 Å². The molecule has 3 atom stereocenters. The Bertz CT molecular complexity index is 1490. The molecule has 3 aromatic rings. The van der Waals surface area contributed by atoms with Crippen LogP contribution >= 0.6 is 0 Å². The van der Waals surface area contributed by atoms with E-state index in [-0.39, 0.29) is 49.2 Å². The fourth-order valence-corrected chi connectivity index (χ4v) is 5.83. The Labute approximate surface area is 244 Å². The van der Waals surface area contributed by atoms with E-state index in [9.17, 15) is 31.5 Å². The maximum Gasteiger partial charge on any atom is 0.392 e. The van der Waals surface area contributed by atoms with E-state index >= 15 is 0 Å². The maximum absolute atomic E-state index is 14.0. The van der Waals surface area contributed by atoms with E-state index in [0.29, 0.717) is 22.6 Å². The molecule has 1 unspecified atom stereocenters. The van der Waals surface area contributed by atoms with Gasteiger partial charge in [-0.2, -0.15) is 13.2 Å². The summed E-state index contributed by atoms with van der Waals surface area (Å²) in [6.07, 6.45) is 2.75. The van der Waals surface area contributed by atoms with Crippen LogP contribution in [0.3, 0.4) is 0 Å². The van der Waals surface area contributed by atoms with E-state index in [1.165, 1.54) is 6.26 Å². The molecule has 3 heterocycles. The van der Waals surface area contributed by atoms with Crippen molar-refractivity contribution in [2.75, 3.05) is 0 Å². The lowest BCUT2D eigenvalue weighted by Gasteiger charge is -2.33. The zero-order chi connectivity index (χ0) is 30.5. The van der Waals surface area contributed by atoms with Crippen molar-refractivity contribution in [2.24, 2.45) is 17.8 Å². The van der Waals surface area contributed by atoms with Crippen LogP contribution in [0.4, 0.5) is 22.0 Å². The Morgan fingerprint density at radius 2 is 1.67 bits per heavy atom. The lowest BCUT2D eigenvalue weighted by Crippen LogP contribution is -2.37. The van der Waals surface area contributed by atoms with Crippen molar-refractivity contribution >= 4 is 17.6 Å². The van der Waals surface area contributed by atoms with Crippen molar-refractivity contribution in [2.45, 2.75) is 94.8 Å². The third-order valence-electron chi connectivity index (χ3n) is 8.79. The van der Waals surface area contributed by atoms with E-state index in [4.69, 9.17) is 4.52 Å². The zero-order valence-electron chi connectivity index (χ0n) is 23.5. The van der Waals surface area contributed by atoms with Crippen molar-refractivity contribution < 1.29 is 36.1 Å². The second-order valence-electron chi connectivity index (χ2n) is 12.3. The van der Waals surface area contributed by atoms with Crippen LogP contribution in [0.5, 0.6) is 0 Å². The van der Waals surface area contributed by atoms with Gasteiger partial charge in [-0.3, -0.25) is 14.0 Å². The number of aromatic nitrogens is 4. The predicted molar refractivity (Wildman–Crippen MR) is 142 cm³/mol. The first-order chi connectivity index (χ1) is 20.4. The smallest absolute Gasteiger partial charge is 0.364 e. The quantitative estimate of drug-likeness (QED) is 0.271. The molecule has 6 rings (SSSR count). The lowest BCUT2D eigenvalue weighted by atomic mass is 9.81. The van der Waals surface area contributed by atoms with Gasteiger partial charge in [-0.15, -0.1) is 0 Å². The van der Waals surface area contributed by atoms with Gasteiger partial charge in [-0.05, 0) is 56.4 Å². The van der Waals surface area contributed by atoms with Crippen molar-refractivity contribution in [3.8, 4) is 0 Å². The molecule has 14 heteroatoms. The third kappa shape index (κ3) is 6.67. The number of nitrogens with zero attached hydrogens (tertiary/aromatic N) is 4. The van der Waals surface area contributed by atoms with Crippen LogP contribution in [-0.2, 0) is 4.79 Å². The summed E-state index contributed by atoms with van der Waals surface area (Å²) in [7, 11) is 0. The fraction of sp³-hybridized carbons (Fsp3) is 0.621. The van der Waals surface area contributed by atoms with E-state index in [1.54, 1.807) is 22.9 Å². The summed E-state index contributed by atoms with van der Waals surface area (Å²) in [6, 6.07) is 0.435. The molecule has 3 fully saturated rings. The summed E-state index contributed by atoms with van der Waals surface area (Å²) in [5.74, 6) is -5.47. The Morgan fingerprint density at radius 3 is 2.33 bits per heavy atom. The molecule has 3 saturated carbocycles. The minimum atomic E-state index is -4.47. The second-order valence-corrected chi connectivity index (χ2v) is 12.3. The van der Waals surface area contributed by atoms with Gasteiger partial charge in [0.25, 0.3) is 5.91 Å². The minimum Gasteiger partial charge on any atom is -0.364 e. The van der Waals surface area contributed by atoms with Crippen LogP contribution in [0.1, 0.15) is 110 Å². The van der Waals surface area contributed by atoms with Gasteiger partial charge in [0.2, 0.25) is 17.6 Å². The summed E-state index contributed by atoms with van der Waals surface area (Å²) in [5, 5.41) is 9.72. The van der Waals surface area contributed by atoms with Gasteiger partial charge in [0, 0.05) is 37.6 Å². The Hall–Kier alpha value is -3.58. The van der Waals surface area contributed by atoms with Crippen LogP contribution in [0, 0.1) is 17.8 Å². The molecule has 2 amide bonds. The molecule has 3 aliphatic carbocycles. The average molecular weight is 609 g/mol. The highest BCUT2D eigenvalue weighted by atomic mass is 19.4. The number of fused-ring (bicyclic) bond motifs is 1. The molecule has 0 spiro atoms. The highest BCUT2D eigenvalue weighted by Gasteiger charge is 2.41. The lowest BCUT2D eigenvalue weighted by molar-refractivity contribution is -0.174. The van der Waals surface area contributed by atoms with Crippen LogP contribution < -0.4 is 10.6 Å². The third-order valence-corrected chi connectivity index (χ3v) is 8.79. The SMILES string of the molecule is C[C@H](CC(=O)NC(c1ccn2cc([C@@H](NC(=O)c3conc3C3CC3)C3CCC(F)(F)CC3)nc2n1)C1CC1)C(F)(F)F. The number of alkyl halides is 5. The fourth-order valence-electron chi connectivity index (χ4n) is 5.83. The Balaban J connectivity index is 1.25. The maximum atomic E-state index is 14.0. The molecule has 232 valence electrons. The van der Waals surface area contributed by atoms with Crippen molar-refractivity contribution in [3.63, 3.8) is 0 Å². The molecule has 0 bridgehead atoms. The van der Waals surface area contributed by atoms with E-state index in [0.717, 1.165) is 32.6 Å². The highest BCUT2D eigenvalue weighted by Crippen LogP contribution is 2.44. The van der Waals surface area contributed by atoms with E-state index in [2.05, 4.69) is 25.8 Å². The first-order valence-electron chi connectivity index (χ1n) is 14.7.